The van der Waals surface area contributed by atoms with Gasteiger partial charge in [0.2, 0.25) is 0 Å². The normalized spacial score (nSPS) is 18.5. The molecule has 1 fully saturated rings. The minimum Gasteiger partial charge on any atom is -0.389 e. The average molecular weight is 272 g/mol. The Kier molecular flexibility index (Phi) is 3.81. The van der Waals surface area contributed by atoms with Gasteiger partial charge >= 0.3 is 0 Å². The van der Waals surface area contributed by atoms with Gasteiger partial charge < -0.3 is 15.0 Å². The third-order valence-corrected chi connectivity index (χ3v) is 4.53. The van der Waals surface area contributed by atoms with Gasteiger partial charge in [-0.3, -0.25) is 0 Å². The van der Waals surface area contributed by atoms with Crippen LogP contribution in [0.25, 0.3) is 10.9 Å². The summed E-state index contributed by atoms with van der Waals surface area (Å²) < 4.78 is 2.17. The van der Waals surface area contributed by atoms with Gasteiger partial charge in [0.1, 0.15) is 0 Å². The molecular formula is C17H24N2O. The largest absolute Gasteiger partial charge is 0.389 e. The van der Waals surface area contributed by atoms with Gasteiger partial charge in [-0.2, -0.15) is 0 Å². The van der Waals surface area contributed by atoms with Crippen LogP contribution in [-0.2, 0) is 13.6 Å². The van der Waals surface area contributed by atoms with Gasteiger partial charge in [-0.15, -0.1) is 0 Å². The van der Waals surface area contributed by atoms with Crippen molar-refractivity contribution in [1.82, 2.24) is 9.88 Å². The molecule has 3 nitrogen and oxygen atoms in total. The lowest BCUT2D eigenvalue weighted by Gasteiger charge is -2.32. The molecular weight excluding hydrogens is 248 g/mol. The standard InChI is InChI=1S/C17H24N2O/c1-19-12-14(15-7-3-4-8-16(15)19)11-18-13-17(20)9-5-2-6-10-17/h3-4,7-8,12,18,20H,2,5-6,9-11,13H2,1H3. The monoisotopic (exact) mass is 272 g/mol. The van der Waals surface area contributed by atoms with Crippen LogP contribution in [0.4, 0.5) is 0 Å². The van der Waals surface area contributed by atoms with Gasteiger partial charge in [-0.25, -0.2) is 0 Å². The fourth-order valence-corrected chi connectivity index (χ4v) is 3.38. The number of fused-ring (bicyclic) bond motifs is 1. The van der Waals surface area contributed by atoms with Crippen LogP contribution in [0.3, 0.4) is 0 Å². The van der Waals surface area contributed by atoms with Crippen molar-refractivity contribution in [2.75, 3.05) is 6.54 Å². The predicted molar refractivity (Wildman–Crippen MR) is 82.7 cm³/mol. The molecule has 1 saturated carbocycles. The second-order valence-electron chi connectivity index (χ2n) is 6.17. The molecule has 1 aliphatic rings. The second kappa shape index (κ2) is 5.58. The molecule has 0 unspecified atom stereocenters. The Morgan fingerprint density at radius 3 is 2.75 bits per heavy atom. The van der Waals surface area contributed by atoms with E-state index < -0.39 is 5.60 Å². The first-order chi connectivity index (χ1) is 9.68. The molecule has 1 aromatic heterocycles. The number of rotatable bonds is 4. The van der Waals surface area contributed by atoms with E-state index in [1.54, 1.807) is 0 Å². The molecule has 0 radical (unpaired) electrons. The number of para-hydroxylation sites is 1. The SMILES string of the molecule is Cn1cc(CNCC2(O)CCCCC2)c2ccccc21. The molecule has 0 atom stereocenters. The van der Waals surface area contributed by atoms with E-state index in [1.165, 1.54) is 22.9 Å². The summed E-state index contributed by atoms with van der Waals surface area (Å²) in [6.07, 6.45) is 7.65. The molecule has 108 valence electrons. The van der Waals surface area contributed by atoms with Gasteiger partial charge in [0.05, 0.1) is 5.60 Å². The smallest absolute Gasteiger partial charge is 0.0771 e. The highest BCUT2D eigenvalue weighted by Crippen LogP contribution is 2.27. The summed E-state index contributed by atoms with van der Waals surface area (Å²) in [6, 6.07) is 8.47. The molecule has 0 spiro atoms. The minimum atomic E-state index is -0.483. The van der Waals surface area contributed by atoms with Crippen LogP contribution in [0, 0.1) is 0 Å². The first kappa shape index (κ1) is 13.7. The fourth-order valence-electron chi connectivity index (χ4n) is 3.38. The molecule has 0 aliphatic heterocycles. The van der Waals surface area contributed by atoms with Crippen molar-refractivity contribution in [2.45, 2.75) is 44.2 Å². The number of benzene rings is 1. The van der Waals surface area contributed by atoms with Gasteiger partial charge in [0, 0.05) is 37.2 Å². The highest BCUT2D eigenvalue weighted by atomic mass is 16.3. The van der Waals surface area contributed by atoms with Crippen molar-refractivity contribution in [1.29, 1.82) is 0 Å². The maximum Gasteiger partial charge on any atom is 0.0771 e. The lowest BCUT2D eigenvalue weighted by molar-refractivity contribution is 0.00469. The quantitative estimate of drug-likeness (QED) is 0.898. The molecule has 1 heterocycles. The summed E-state index contributed by atoms with van der Waals surface area (Å²) in [5, 5.41) is 15.3. The number of aromatic nitrogens is 1. The summed E-state index contributed by atoms with van der Waals surface area (Å²) in [5.41, 5.74) is 2.09. The zero-order valence-electron chi connectivity index (χ0n) is 12.2. The van der Waals surface area contributed by atoms with E-state index in [9.17, 15) is 5.11 Å². The molecule has 1 aromatic carbocycles. The molecule has 3 rings (SSSR count). The topological polar surface area (TPSA) is 37.2 Å². The van der Waals surface area contributed by atoms with Crippen molar-refractivity contribution in [3.63, 3.8) is 0 Å². The Labute approximate surface area is 120 Å². The lowest BCUT2D eigenvalue weighted by atomic mass is 9.85. The molecule has 2 aromatic rings. The zero-order chi connectivity index (χ0) is 14.0. The zero-order valence-corrected chi connectivity index (χ0v) is 12.2. The molecule has 20 heavy (non-hydrogen) atoms. The fraction of sp³-hybridized carbons (Fsp3) is 0.529. The third-order valence-electron chi connectivity index (χ3n) is 4.53. The van der Waals surface area contributed by atoms with E-state index in [2.05, 4.69) is 47.4 Å². The highest BCUT2D eigenvalue weighted by Gasteiger charge is 2.28. The molecule has 1 aliphatic carbocycles. The number of nitrogens with one attached hydrogen (secondary N) is 1. The Hall–Kier alpha value is -1.32. The van der Waals surface area contributed by atoms with Crippen molar-refractivity contribution in [3.05, 3.63) is 36.0 Å². The van der Waals surface area contributed by atoms with E-state index >= 15 is 0 Å². The van der Waals surface area contributed by atoms with E-state index in [-0.39, 0.29) is 0 Å². The molecule has 0 amide bonds. The molecule has 2 N–H and O–H groups in total. The number of hydrogen-bond donors (Lipinski definition) is 2. The van der Waals surface area contributed by atoms with Crippen LogP contribution in [0.5, 0.6) is 0 Å². The maximum atomic E-state index is 10.5. The molecule has 3 heteroatoms. The number of aryl methyl sites for hydroxylation is 1. The Morgan fingerprint density at radius 1 is 1.20 bits per heavy atom. The summed E-state index contributed by atoms with van der Waals surface area (Å²) in [4.78, 5) is 0. The summed E-state index contributed by atoms with van der Waals surface area (Å²) in [6.45, 7) is 1.53. The van der Waals surface area contributed by atoms with E-state index in [0.29, 0.717) is 6.54 Å². The van der Waals surface area contributed by atoms with Gasteiger partial charge in [0.25, 0.3) is 0 Å². The second-order valence-corrected chi connectivity index (χ2v) is 6.17. The lowest BCUT2D eigenvalue weighted by Crippen LogP contribution is -2.41. The van der Waals surface area contributed by atoms with Crippen LogP contribution in [0.1, 0.15) is 37.7 Å². The average Bonchev–Trinajstić information content (AvgIpc) is 2.77. The van der Waals surface area contributed by atoms with Crippen LogP contribution < -0.4 is 5.32 Å². The summed E-state index contributed by atoms with van der Waals surface area (Å²) >= 11 is 0. The number of hydrogen-bond acceptors (Lipinski definition) is 2. The van der Waals surface area contributed by atoms with Crippen LogP contribution in [0.2, 0.25) is 0 Å². The first-order valence-electron chi connectivity index (χ1n) is 7.64. The third kappa shape index (κ3) is 2.74. The van der Waals surface area contributed by atoms with Crippen LogP contribution in [-0.4, -0.2) is 21.8 Å². The van der Waals surface area contributed by atoms with E-state index in [4.69, 9.17) is 0 Å². The van der Waals surface area contributed by atoms with Gasteiger partial charge in [-0.05, 0) is 24.5 Å². The summed E-state index contributed by atoms with van der Waals surface area (Å²) in [7, 11) is 2.08. The van der Waals surface area contributed by atoms with Crippen molar-refractivity contribution in [3.8, 4) is 0 Å². The Balaban J connectivity index is 1.65. The Bertz CT molecular complexity index is 582. The number of aliphatic hydroxyl groups is 1. The molecule has 0 bridgehead atoms. The predicted octanol–water partition coefficient (Wildman–Crippen LogP) is 2.96. The minimum absolute atomic E-state index is 0.483. The van der Waals surface area contributed by atoms with E-state index in [0.717, 1.165) is 32.2 Å². The first-order valence-corrected chi connectivity index (χ1v) is 7.64. The van der Waals surface area contributed by atoms with Crippen molar-refractivity contribution in [2.24, 2.45) is 7.05 Å². The van der Waals surface area contributed by atoms with Crippen LogP contribution in [0.15, 0.2) is 30.5 Å². The molecule has 0 saturated heterocycles. The van der Waals surface area contributed by atoms with Gasteiger partial charge in [-0.1, -0.05) is 37.5 Å². The number of nitrogens with zero attached hydrogens (tertiary/aromatic N) is 1. The van der Waals surface area contributed by atoms with Crippen molar-refractivity contribution >= 4 is 10.9 Å². The summed E-state index contributed by atoms with van der Waals surface area (Å²) in [5.74, 6) is 0. The maximum absolute atomic E-state index is 10.5. The van der Waals surface area contributed by atoms with Crippen LogP contribution >= 0.6 is 0 Å². The van der Waals surface area contributed by atoms with Crippen molar-refractivity contribution < 1.29 is 5.11 Å². The highest BCUT2D eigenvalue weighted by molar-refractivity contribution is 5.83. The Morgan fingerprint density at radius 2 is 1.95 bits per heavy atom. The van der Waals surface area contributed by atoms with Gasteiger partial charge in [0.15, 0.2) is 0 Å². The van der Waals surface area contributed by atoms with E-state index in [1.807, 2.05) is 0 Å².